The van der Waals surface area contributed by atoms with Crippen LogP contribution < -0.4 is 0 Å². The van der Waals surface area contributed by atoms with E-state index in [4.69, 9.17) is 0 Å². The summed E-state index contributed by atoms with van der Waals surface area (Å²) in [5, 5.41) is 1.48. The molecular formula is C28H62AlP. The summed E-state index contributed by atoms with van der Waals surface area (Å²) >= 11 is 1.40. The maximum atomic E-state index is 2.32. The minimum absolute atomic E-state index is 0.366. The topological polar surface area (TPSA) is 0 Å². The van der Waals surface area contributed by atoms with Gasteiger partial charge in [-0.15, -0.1) is 13.2 Å². The average molecular weight is 457 g/mol. The molecular weight excluding hydrogens is 394 g/mol. The van der Waals surface area contributed by atoms with Gasteiger partial charge in [0.2, 0.25) is 16.3 Å². The highest BCUT2D eigenvalue weighted by atomic mass is 31.1. The van der Waals surface area contributed by atoms with Gasteiger partial charge < -0.3 is 0 Å². The quantitative estimate of drug-likeness (QED) is 0.0814. The van der Waals surface area contributed by atoms with Gasteiger partial charge in [-0.25, -0.2) is 0 Å². The first-order valence-corrected chi connectivity index (χ1v) is 17.8. The Bertz CT molecular complexity index is 229. The zero-order chi connectivity index (χ0) is 22.5. The summed E-state index contributed by atoms with van der Waals surface area (Å²) in [4.78, 5) is 0. The Morgan fingerprint density at radius 2 is 0.633 bits per heavy atom. The predicted molar refractivity (Wildman–Crippen MR) is 150 cm³/mol. The van der Waals surface area contributed by atoms with Crippen molar-refractivity contribution in [1.29, 1.82) is 0 Å². The Hall–Kier alpha value is 0.962. The molecule has 0 unspecified atom stereocenters. The van der Waals surface area contributed by atoms with Crippen molar-refractivity contribution in [3.8, 4) is 0 Å². The maximum absolute atomic E-state index is 2.32. The van der Waals surface area contributed by atoms with Crippen LogP contribution >= 0.6 is 7.92 Å². The van der Waals surface area contributed by atoms with Crippen LogP contribution in [0.2, 0.25) is 5.28 Å². The van der Waals surface area contributed by atoms with Gasteiger partial charge in [0.15, 0.2) is 0 Å². The SMILES string of the molecule is CCCCCCCCP(CCCCCCCC)CCCCCCCC.CCC[CH2][AlH2]. The Morgan fingerprint density at radius 1 is 0.367 bits per heavy atom. The molecule has 2 heteroatoms. The number of rotatable bonds is 23. The zero-order valence-corrected chi connectivity index (χ0v) is 25.3. The number of hydrogen-bond acceptors (Lipinski definition) is 0. The third-order valence-corrected chi connectivity index (χ3v) is 9.74. The Morgan fingerprint density at radius 3 is 0.867 bits per heavy atom. The molecule has 0 spiro atoms. The van der Waals surface area contributed by atoms with E-state index in [0.717, 1.165) is 0 Å². The second-order valence-corrected chi connectivity index (χ2v) is 13.2. The maximum Gasteiger partial charge on any atom is 0.211 e. The smallest absolute Gasteiger partial charge is 0.107 e. The molecule has 182 valence electrons. The molecule has 0 N–H and O–H groups in total. The van der Waals surface area contributed by atoms with Gasteiger partial charge in [0.1, 0.15) is 0 Å². The molecule has 0 heterocycles. The molecule has 0 fully saturated rings. The van der Waals surface area contributed by atoms with Crippen LogP contribution in [0.3, 0.4) is 0 Å². The van der Waals surface area contributed by atoms with E-state index in [1.807, 2.05) is 0 Å². The second-order valence-electron chi connectivity index (χ2n) is 9.50. The third-order valence-electron chi connectivity index (χ3n) is 6.19. The Kier molecular flexibility index (Phi) is 35.5. The van der Waals surface area contributed by atoms with Crippen molar-refractivity contribution in [2.24, 2.45) is 0 Å². The first-order chi connectivity index (χ1) is 14.8. The van der Waals surface area contributed by atoms with E-state index in [-0.39, 0.29) is 0 Å². The molecule has 0 aliphatic carbocycles. The Labute approximate surface area is 203 Å². The summed E-state index contributed by atoms with van der Waals surface area (Å²) in [6.45, 7) is 9.19. The van der Waals surface area contributed by atoms with E-state index in [9.17, 15) is 0 Å². The first kappa shape index (κ1) is 33.1. The van der Waals surface area contributed by atoms with Crippen LogP contribution in [-0.2, 0) is 0 Å². The molecule has 0 aromatic rings. The molecule has 0 bridgehead atoms. The third kappa shape index (κ3) is 31.2. The van der Waals surface area contributed by atoms with E-state index >= 15 is 0 Å². The highest BCUT2D eigenvalue weighted by Crippen LogP contribution is 2.39. The van der Waals surface area contributed by atoms with Crippen LogP contribution in [0.15, 0.2) is 0 Å². The fourth-order valence-electron chi connectivity index (χ4n) is 4.04. The lowest BCUT2D eigenvalue weighted by atomic mass is 10.1. The van der Waals surface area contributed by atoms with E-state index < -0.39 is 0 Å². The molecule has 0 saturated carbocycles. The van der Waals surface area contributed by atoms with Gasteiger partial charge >= 0.3 is 0 Å². The van der Waals surface area contributed by atoms with Gasteiger partial charge in [0, 0.05) is 0 Å². The van der Waals surface area contributed by atoms with Crippen LogP contribution in [0, 0.1) is 0 Å². The molecule has 0 amide bonds. The van der Waals surface area contributed by atoms with Gasteiger partial charge in [-0.2, -0.15) is 0 Å². The van der Waals surface area contributed by atoms with Crippen molar-refractivity contribution in [2.75, 3.05) is 18.5 Å². The van der Waals surface area contributed by atoms with Gasteiger partial charge in [0.25, 0.3) is 0 Å². The van der Waals surface area contributed by atoms with Crippen molar-refractivity contribution in [3.63, 3.8) is 0 Å². The molecule has 0 radical (unpaired) electrons. The lowest BCUT2D eigenvalue weighted by Crippen LogP contribution is -1.97. The predicted octanol–water partition coefficient (Wildman–Crippen LogP) is 10.4. The molecule has 0 aromatic heterocycles. The summed E-state index contributed by atoms with van der Waals surface area (Å²) in [5.74, 6) is 0. The van der Waals surface area contributed by atoms with Gasteiger partial charge in [-0.3, -0.25) is 0 Å². The van der Waals surface area contributed by atoms with E-state index in [0.29, 0.717) is 7.92 Å². The van der Waals surface area contributed by atoms with Gasteiger partial charge in [-0.05, 0) is 37.7 Å². The monoisotopic (exact) mass is 456 g/mol. The zero-order valence-electron chi connectivity index (χ0n) is 22.4. The molecule has 0 atom stereocenters. The minimum Gasteiger partial charge on any atom is -0.107 e. The Balaban J connectivity index is 0. The standard InChI is InChI=1S/C24H51P.C4H9.Al.2H/c1-4-7-10-13-16-19-22-25(23-20-17-14-11-8-5-2)24-21-18-15-12-9-6-3;1-3-4-2;;;/h4-24H2,1-3H3;1,3-4H2,2H3;;;. The molecule has 0 saturated heterocycles. The van der Waals surface area contributed by atoms with E-state index in [1.165, 1.54) is 150 Å². The van der Waals surface area contributed by atoms with Crippen molar-refractivity contribution in [1.82, 2.24) is 0 Å². The molecule has 0 nitrogen and oxygen atoms in total. The number of unbranched alkanes of at least 4 members (excludes halogenated alkanes) is 16. The van der Waals surface area contributed by atoms with Crippen molar-refractivity contribution in [2.45, 2.75) is 161 Å². The van der Waals surface area contributed by atoms with Crippen LogP contribution in [0.1, 0.15) is 156 Å². The fraction of sp³-hybridized carbons (Fsp3) is 1.00. The summed E-state index contributed by atoms with van der Waals surface area (Å²) < 4.78 is 0. The molecule has 30 heavy (non-hydrogen) atoms. The largest absolute Gasteiger partial charge is 0.211 e. The summed E-state index contributed by atoms with van der Waals surface area (Å²) in [7, 11) is 0.366. The summed E-state index contributed by atoms with van der Waals surface area (Å²) in [6, 6.07) is 0. The van der Waals surface area contributed by atoms with E-state index in [2.05, 4.69) is 27.7 Å². The highest BCUT2D eigenvalue weighted by Gasteiger charge is 2.07. The van der Waals surface area contributed by atoms with Crippen LogP contribution in [0.5, 0.6) is 0 Å². The van der Waals surface area contributed by atoms with Crippen molar-refractivity contribution < 1.29 is 0 Å². The van der Waals surface area contributed by atoms with Crippen molar-refractivity contribution in [3.05, 3.63) is 0 Å². The molecule has 0 aliphatic heterocycles. The van der Waals surface area contributed by atoms with Crippen molar-refractivity contribution >= 4 is 24.2 Å². The minimum atomic E-state index is 0.366. The lowest BCUT2D eigenvalue weighted by Gasteiger charge is -2.18. The molecule has 0 aromatic carbocycles. The fourth-order valence-corrected chi connectivity index (χ4v) is 7.43. The summed E-state index contributed by atoms with van der Waals surface area (Å²) in [6.07, 6.45) is 34.1. The summed E-state index contributed by atoms with van der Waals surface area (Å²) in [5.41, 5.74) is 0. The lowest BCUT2D eigenvalue weighted by molar-refractivity contribution is 0.617. The molecule has 0 rings (SSSR count). The normalized spacial score (nSPS) is 11.0. The average Bonchev–Trinajstić information content (AvgIpc) is 2.76. The van der Waals surface area contributed by atoms with Gasteiger partial charge in [-0.1, -0.05) is 137 Å². The van der Waals surface area contributed by atoms with Crippen LogP contribution in [0.25, 0.3) is 0 Å². The van der Waals surface area contributed by atoms with Crippen LogP contribution in [-0.4, -0.2) is 34.8 Å². The van der Waals surface area contributed by atoms with E-state index in [1.54, 1.807) is 18.5 Å². The first-order valence-electron chi connectivity index (χ1n) is 14.5. The number of hydrogen-bond donors (Lipinski definition) is 0. The highest BCUT2D eigenvalue weighted by molar-refractivity contribution is 7.57. The molecule has 0 aliphatic rings. The second kappa shape index (κ2) is 32.1. The van der Waals surface area contributed by atoms with Gasteiger partial charge in [0.05, 0.1) is 0 Å². The van der Waals surface area contributed by atoms with Crippen LogP contribution in [0.4, 0.5) is 0 Å².